The van der Waals surface area contributed by atoms with E-state index in [9.17, 15) is 4.79 Å². The van der Waals surface area contributed by atoms with Gasteiger partial charge in [0.25, 0.3) is 0 Å². The minimum atomic E-state index is -0.780. The molecule has 1 aromatic rings. The molecule has 1 unspecified atom stereocenters. The number of carboxylic acids is 1. The molecule has 2 N–H and O–H groups in total. The molecule has 0 saturated heterocycles. The van der Waals surface area contributed by atoms with E-state index in [-0.39, 0.29) is 12.5 Å². The van der Waals surface area contributed by atoms with Crippen LogP contribution in [-0.2, 0) is 11.2 Å². The van der Waals surface area contributed by atoms with Crippen molar-refractivity contribution in [3.63, 3.8) is 0 Å². The summed E-state index contributed by atoms with van der Waals surface area (Å²) in [5.41, 5.74) is 2.13. The van der Waals surface area contributed by atoms with Crippen molar-refractivity contribution in [1.29, 1.82) is 0 Å². The van der Waals surface area contributed by atoms with Crippen molar-refractivity contribution in [1.82, 2.24) is 10.2 Å². The second-order valence-corrected chi connectivity index (χ2v) is 5.75. The number of carboxylic acid groups (broad SMARTS) is 1. The number of aliphatic carboxylic acids is 1. The molecule has 0 bridgehead atoms. The molecule has 0 heterocycles. The summed E-state index contributed by atoms with van der Waals surface area (Å²) in [6.45, 7) is 3.62. The normalized spacial score (nSPS) is 12.7. The zero-order valence-electron chi connectivity index (χ0n) is 12.3. The Kier molecular flexibility index (Phi) is 6.99. The van der Waals surface area contributed by atoms with E-state index < -0.39 is 5.97 Å². The highest BCUT2D eigenvalue weighted by Gasteiger charge is 2.13. The SMILES string of the molecule is Cc1cc(CC(CC(=O)O)NCCN(C)C)ccc1Cl. The fourth-order valence-corrected chi connectivity index (χ4v) is 2.16. The first kappa shape index (κ1) is 17.0. The van der Waals surface area contributed by atoms with Crippen molar-refractivity contribution < 1.29 is 9.90 Å². The molecule has 0 radical (unpaired) electrons. The Balaban J connectivity index is 2.62. The number of likely N-dealkylation sites (N-methyl/N-ethyl adjacent to an activating group) is 1. The zero-order chi connectivity index (χ0) is 15.1. The maximum atomic E-state index is 10.9. The first-order valence-corrected chi connectivity index (χ1v) is 7.11. The van der Waals surface area contributed by atoms with Crippen LogP contribution in [0.5, 0.6) is 0 Å². The molecule has 112 valence electrons. The van der Waals surface area contributed by atoms with Gasteiger partial charge in [-0.3, -0.25) is 4.79 Å². The van der Waals surface area contributed by atoms with E-state index in [4.69, 9.17) is 16.7 Å². The number of aryl methyl sites for hydroxylation is 1. The van der Waals surface area contributed by atoms with Gasteiger partial charge in [-0.2, -0.15) is 0 Å². The number of halogens is 1. The number of hydrogen-bond acceptors (Lipinski definition) is 3. The number of nitrogens with one attached hydrogen (secondary N) is 1. The average molecular weight is 299 g/mol. The third kappa shape index (κ3) is 6.37. The molecule has 0 aliphatic rings. The Bertz CT molecular complexity index is 449. The lowest BCUT2D eigenvalue weighted by molar-refractivity contribution is -0.137. The summed E-state index contributed by atoms with van der Waals surface area (Å²) in [5, 5.41) is 13.0. The van der Waals surface area contributed by atoms with Crippen LogP contribution in [0.1, 0.15) is 17.5 Å². The summed E-state index contributed by atoms with van der Waals surface area (Å²) < 4.78 is 0. The first-order valence-electron chi connectivity index (χ1n) is 6.73. The summed E-state index contributed by atoms with van der Waals surface area (Å²) in [7, 11) is 3.99. The van der Waals surface area contributed by atoms with E-state index in [1.54, 1.807) is 0 Å². The molecule has 0 aliphatic carbocycles. The first-order chi connectivity index (χ1) is 9.38. The van der Waals surface area contributed by atoms with Crippen molar-refractivity contribution in [2.24, 2.45) is 0 Å². The van der Waals surface area contributed by atoms with E-state index in [1.807, 2.05) is 39.2 Å². The minimum absolute atomic E-state index is 0.0620. The smallest absolute Gasteiger partial charge is 0.304 e. The molecule has 0 amide bonds. The van der Waals surface area contributed by atoms with Gasteiger partial charge in [-0.05, 0) is 44.6 Å². The van der Waals surface area contributed by atoms with Gasteiger partial charge in [0.1, 0.15) is 0 Å². The second kappa shape index (κ2) is 8.25. The maximum absolute atomic E-state index is 10.9. The molecule has 5 heteroatoms. The summed E-state index contributed by atoms with van der Waals surface area (Å²) in [4.78, 5) is 13.0. The molecule has 1 aromatic carbocycles. The topological polar surface area (TPSA) is 52.6 Å². The summed E-state index contributed by atoms with van der Waals surface area (Å²) in [6.07, 6.45) is 0.812. The molecular weight excluding hydrogens is 276 g/mol. The Morgan fingerprint density at radius 3 is 2.70 bits per heavy atom. The Hall–Kier alpha value is -1.10. The second-order valence-electron chi connectivity index (χ2n) is 5.34. The Morgan fingerprint density at radius 1 is 1.45 bits per heavy atom. The number of nitrogens with zero attached hydrogens (tertiary/aromatic N) is 1. The van der Waals surface area contributed by atoms with Gasteiger partial charge in [0, 0.05) is 24.2 Å². The largest absolute Gasteiger partial charge is 0.481 e. The van der Waals surface area contributed by atoms with Crippen LogP contribution >= 0.6 is 11.6 Å². The number of hydrogen-bond donors (Lipinski definition) is 2. The Labute approximate surface area is 125 Å². The number of carbonyl (C=O) groups is 1. The van der Waals surface area contributed by atoms with Gasteiger partial charge in [-0.25, -0.2) is 0 Å². The van der Waals surface area contributed by atoms with E-state index in [0.29, 0.717) is 6.42 Å². The maximum Gasteiger partial charge on any atom is 0.304 e. The standard InChI is InChI=1S/C15H23ClN2O2/c1-11-8-12(4-5-14(11)16)9-13(10-15(19)20)17-6-7-18(2)3/h4-5,8,13,17H,6-7,9-10H2,1-3H3,(H,19,20). The van der Waals surface area contributed by atoms with Crippen LogP contribution in [0.4, 0.5) is 0 Å². The predicted molar refractivity (Wildman–Crippen MR) is 82.5 cm³/mol. The van der Waals surface area contributed by atoms with Crippen LogP contribution in [0.25, 0.3) is 0 Å². The lowest BCUT2D eigenvalue weighted by atomic mass is 10.0. The molecule has 0 aliphatic heterocycles. The average Bonchev–Trinajstić information content (AvgIpc) is 2.32. The molecule has 1 atom stereocenters. The van der Waals surface area contributed by atoms with Gasteiger partial charge in [0.15, 0.2) is 0 Å². The number of rotatable bonds is 8. The van der Waals surface area contributed by atoms with Crippen LogP contribution in [-0.4, -0.2) is 49.2 Å². The van der Waals surface area contributed by atoms with Gasteiger partial charge in [-0.1, -0.05) is 23.7 Å². The van der Waals surface area contributed by atoms with Gasteiger partial charge in [-0.15, -0.1) is 0 Å². The fourth-order valence-electron chi connectivity index (χ4n) is 2.04. The van der Waals surface area contributed by atoms with Gasteiger partial charge in [0.2, 0.25) is 0 Å². The molecule has 0 spiro atoms. The third-order valence-electron chi connectivity index (χ3n) is 3.12. The van der Waals surface area contributed by atoms with Crippen molar-refractivity contribution in [2.75, 3.05) is 27.2 Å². The van der Waals surface area contributed by atoms with Crippen molar-refractivity contribution in [3.8, 4) is 0 Å². The number of benzene rings is 1. The summed E-state index contributed by atoms with van der Waals surface area (Å²) >= 11 is 6.00. The highest BCUT2D eigenvalue weighted by atomic mass is 35.5. The lowest BCUT2D eigenvalue weighted by Gasteiger charge is -2.19. The van der Waals surface area contributed by atoms with Crippen LogP contribution in [0, 0.1) is 6.92 Å². The quantitative estimate of drug-likeness (QED) is 0.772. The van der Waals surface area contributed by atoms with Crippen molar-refractivity contribution in [3.05, 3.63) is 34.3 Å². The van der Waals surface area contributed by atoms with E-state index in [2.05, 4.69) is 10.2 Å². The highest BCUT2D eigenvalue weighted by molar-refractivity contribution is 6.31. The van der Waals surface area contributed by atoms with Crippen LogP contribution in [0.15, 0.2) is 18.2 Å². The summed E-state index contributed by atoms with van der Waals surface area (Å²) in [6, 6.07) is 5.78. The molecule has 4 nitrogen and oxygen atoms in total. The van der Waals surface area contributed by atoms with Gasteiger partial charge in [0.05, 0.1) is 6.42 Å². The van der Waals surface area contributed by atoms with Crippen LogP contribution in [0.3, 0.4) is 0 Å². The van der Waals surface area contributed by atoms with E-state index in [1.165, 1.54) is 0 Å². The Morgan fingerprint density at radius 2 is 2.15 bits per heavy atom. The third-order valence-corrected chi connectivity index (χ3v) is 3.54. The van der Waals surface area contributed by atoms with Gasteiger partial charge < -0.3 is 15.3 Å². The van der Waals surface area contributed by atoms with Gasteiger partial charge >= 0.3 is 5.97 Å². The van der Waals surface area contributed by atoms with Crippen LogP contribution < -0.4 is 5.32 Å². The monoisotopic (exact) mass is 298 g/mol. The van der Waals surface area contributed by atoms with E-state index >= 15 is 0 Å². The molecule has 20 heavy (non-hydrogen) atoms. The zero-order valence-corrected chi connectivity index (χ0v) is 13.1. The minimum Gasteiger partial charge on any atom is -0.481 e. The molecule has 0 fully saturated rings. The van der Waals surface area contributed by atoms with Crippen molar-refractivity contribution in [2.45, 2.75) is 25.8 Å². The van der Waals surface area contributed by atoms with E-state index in [0.717, 1.165) is 29.2 Å². The van der Waals surface area contributed by atoms with Crippen LogP contribution in [0.2, 0.25) is 5.02 Å². The lowest BCUT2D eigenvalue weighted by Crippen LogP contribution is -2.37. The molecule has 0 saturated carbocycles. The predicted octanol–water partition coefficient (Wildman–Crippen LogP) is 2.19. The van der Waals surface area contributed by atoms with Crippen molar-refractivity contribution >= 4 is 17.6 Å². The summed E-state index contributed by atoms with van der Waals surface area (Å²) in [5.74, 6) is -0.780. The molecule has 0 aromatic heterocycles. The highest BCUT2D eigenvalue weighted by Crippen LogP contribution is 2.17. The molecular formula is C15H23ClN2O2. The molecule has 1 rings (SSSR count). The fraction of sp³-hybridized carbons (Fsp3) is 0.533.